The van der Waals surface area contributed by atoms with Crippen LogP contribution in [0.15, 0.2) is 36.9 Å². The van der Waals surface area contributed by atoms with Gasteiger partial charge >= 0.3 is 0 Å². The fourth-order valence-electron chi connectivity index (χ4n) is 1.70. The third-order valence-corrected chi connectivity index (χ3v) is 3.24. The van der Waals surface area contributed by atoms with E-state index in [1.54, 1.807) is 24.3 Å². The fourth-order valence-corrected chi connectivity index (χ4v) is 1.70. The summed E-state index contributed by atoms with van der Waals surface area (Å²) in [6.45, 7) is 7.15. The number of aliphatic hydroxyl groups excluding tert-OH is 1. The molecule has 0 spiro atoms. The minimum absolute atomic E-state index is 0.0282. The molecule has 2 amide bonds. The predicted octanol–water partition coefficient (Wildman–Crippen LogP) is 0.772. The van der Waals surface area contributed by atoms with E-state index in [1.807, 2.05) is 13.8 Å². The van der Waals surface area contributed by atoms with E-state index < -0.39 is 23.9 Å². The van der Waals surface area contributed by atoms with E-state index in [0.717, 1.165) is 5.56 Å². The Bertz CT molecular complexity index is 526. The number of benzene rings is 1. The Morgan fingerprint density at radius 2 is 1.86 bits per heavy atom. The first kappa shape index (κ1) is 17.9. The Morgan fingerprint density at radius 1 is 1.27 bits per heavy atom. The van der Waals surface area contributed by atoms with Gasteiger partial charge in [-0.05, 0) is 23.6 Å². The Balaban J connectivity index is 2.67. The second-order valence-electron chi connectivity index (χ2n) is 5.34. The summed E-state index contributed by atoms with van der Waals surface area (Å²) >= 11 is 0. The molecule has 0 aromatic heterocycles. The van der Waals surface area contributed by atoms with Crippen LogP contribution in [0.5, 0.6) is 0 Å². The van der Waals surface area contributed by atoms with Crippen molar-refractivity contribution in [3.63, 3.8) is 0 Å². The number of aliphatic hydroxyl groups is 1. The maximum atomic E-state index is 12.1. The number of rotatable bonds is 7. The lowest BCUT2D eigenvalue weighted by Gasteiger charge is -2.19. The Morgan fingerprint density at radius 3 is 2.32 bits per heavy atom. The average molecular weight is 305 g/mol. The lowest BCUT2D eigenvalue weighted by atomic mass is 10.0. The van der Waals surface area contributed by atoms with Crippen LogP contribution >= 0.6 is 0 Å². The highest BCUT2D eigenvalue weighted by Gasteiger charge is 2.23. The molecule has 1 aromatic rings. The lowest BCUT2D eigenvalue weighted by Crippen LogP contribution is -2.50. The summed E-state index contributed by atoms with van der Waals surface area (Å²) in [5.74, 6) is -0.832. The molecule has 1 aromatic carbocycles. The molecule has 0 radical (unpaired) electrons. The summed E-state index contributed by atoms with van der Waals surface area (Å²) in [6.07, 6.45) is 1.35. The van der Waals surface area contributed by atoms with E-state index >= 15 is 0 Å². The van der Waals surface area contributed by atoms with Gasteiger partial charge in [0.1, 0.15) is 6.04 Å². The molecule has 0 bridgehead atoms. The number of nitrogens with one attached hydrogen (secondary N) is 2. The minimum Gasteiger partial charge on any atom is -0.392 e. The summed E-state index contributed by atoms with van der Waals surface area (Å²) in [7, 11) is 0. The van der Waals surface area contributed by atoms with Gasteiger partial charge in [0.05, 0.1) is 12.6 Å². The van der Waals surface area contributed by atoms with E-state index in [2.05, 4.69) is 17.2 Å². The number of nitrogens with two attached hydrogens (primary N) is 1. The van der Waals surface area contributed by atoms with E-state index in [4.69, 9.17) is 10.8 Å². The van der Waals surface area contributed by atoms with Crippen molar-refractivity contribution in [3.05, 3.63) is 42.5 Å². The van der Waals surface area contributed by atoms with Crippen molar-refractivity contribution < 1.29 is 14.7 Å². The van der Waals surface area contributed by atoms with Gasteiger partial charge < -0.3 is 21.5 Å². The van der Waals surface area contributed by atoms with E-state index in [9.17, 15) is 9.59 Å². The normalized spacial score (nSPS) is 13.3. The van der Waals surface area contributed by atoms with Crippen LogP contribution in [0.2, 0.25) is 0 Å². The first-order chi connectivity index (χ1) is 10.4. The van der Waals surface area contributed by atoms with Crippen molar-refractivity contribution in [2.24, 2.45) is 11.7 Å². The summed E-state index contributed by atoms with van der Waals surface area (Å²) in [4.78, 5) is 24.0. The van der Waals surface area contributed by atoms with Crippen LogP contribution in [-0.4, -0.2) is 29.0 Å². The number of anilines is 1. The van der Waals surface area contributed by atoms with E-state index in [1.165, 1.54) is 6.08 Å². The van der Waals surface area contributed by atoms with Crippen LogP contribution in [0.4, 0.5) is 5.69 Å². The van der Waals surface area contributed by atoms with Crippen molar-refractivity contribution in [1.29, 1.82) is 0 Å². The molecule has 6 heteroatoms. The van der Waals surface area contributed by atoms with Crippen LogP contribution < -0.4 is 16.4 Å². The lowest BCUT2D eigenvalue weighted by molar-refractivity contribution is -0.127. The van der Waals surface area contributed by atoms with Gasteiger partial charge in [-0.2, -0.15) is 0 Å². The second-order valence-corrected chi connectivity index (χ2v) is 5.34. The van der Waals surface area contributed by atoms with Crippen molar-refractivity contribution in [2.45, 2.75) is 32.5 Å². The van der Waals surface area contributed by atoms with Crippen molar-refractivity contribution >= 4 is 17.5 Å². The Kier molecular flexibility index (Phi) is 6.75. The minimum atomic E-state index is -0.866. The Labute approximate surface area is 130 Å². The average Bonchev–Trinajstić information content (AvgIpc) is 2.51. The maximum absolute atomic E-state index is 12.1. The Hall–Kier alpha value is -2.18. The van der Waals surface area contributed by atoms with Gasteiger partial charge in [0.2, 0.25) is 5.91 Å². The molecule has 120 valence electrons. The quantitative estimate of drug-likeness (QED) is 0.558. The predicted molar refractivity (Wildman–Crippen MR) is 85.9 cm³/mol. The zero-order valence-electron chi connectivity index (χ0n) is 12.9. The fraction of sp³-hybridized carbons (Fsp3) is 0.375. The van der Waals surface area contributed by atoms with Gasteiger partial charge in [0.25, 0.3) is 5.91 Å². The number of carbonyl (C=O) groups excluding carboxylic acids is 2. The molecule has 6 nitrogen and oxygen atoms in total. The smallest absolute Gasteiger partial charge is 0.250 e. The first-order valence-electron chi connectivity index (χ1n) is 7.08. The molecule has 0 saturated carbocycles. The molecule has 0 heterocycles. The molecule has 1 rings (SSSR count). The molecule has 0 unspecified atom stereocenters. The van der Waals surface area contributed by atoms with Gasteiger partial charge in [-0.25, -0.2) is 0 Å². The van der Waals surface area contributed by atoms with Gasteiger partial charge in [-0.1, -0.05) is 32.1 Å². The molecule has 0 saturated heterocycles. The summed E-state index contributed by atoms with van der Waals surface area (Å²) in [5, 5.41) is 14.2. The van der Waals surface area contributed by atoms with Crippen LogP contribution in [0.25, 0.3) is 0 Å². The zero-order chi connectivity index (χ0) is 16.7. The van der Waals surface area contributed by atoms with Crippen molar-refractivity contribution in [1.82, 2.24) is 5.32 Å². The molecule has 0 aliphatic carbocycles. The van der Waals surface area contributed by atoms with E-state index in [0.29, 0.717) is 5.69 Å². The first-order valence-corrected chi connectivity index (χ1v) is 7.08. The molecule has 2 atom stereocenters. The third-order valence-electron chi connectivity index (χ3n) is 3.24. The third kappa shape index (κ3) is 4.98. The number of hydrogen-bond acceptors (Lipinski definition) is 4. The van der Waals surface area contributed by atoms with Gasteiger partial charge in [-0.3, -0.25) is 9.59 Å². The van der Waals surface area contributed by atoms with Crippen LogP contribution in [0, 0.1) is 5.92 Å². The SMILES string of the molecule is C=C[C@H](NC(=O)[C@@H](N)C(C)C)C(=O)Nc1ccc(CO)cc1. The van der Waals surface area contributed by atoms with Gasteiger partial charge in [0.15, 0.2) is 0 Å². The summed E-state index contributed by atoms with van der Waals surface area (Å²) in [6, 6.07) is 5.20. The number of amides is 2. The van der Waals surface area contributed by atoms with Crippen LogP contribution in [0.3, 0.4) is 0 Å². The monoisotopic (exact) mass is 305 g/mol. The molecular weight excluding hydrogens is 282 g/mol. The summed E-state index contributed by atoms with van der Waals surface area (Å²) < 4.78 is 0. The van der Waals surface area contributed by atoms with Crippen molar-refractivity contribution in [2.75, 3.05) is 5.32 Å². The van der Waals surface area contributed by atoms with Crippen LogP contribution in [-0.2, 0) is 16.2 Å². The molecule has 0 fully saturated rings. The highest BCUT2D eigenvalue weighted by atomic mass is 16.3. The van der Waals surface area contributed by atoms with E-state index in [-0.39, 0.29) is 12.5 Å². The van der Waals surface area contributed by atoms with Gasteiger partial charge in [-0.15, -0.1) is 6.58 Å². The number of hydrogen-bond donors (Lipinski definition) is 4. The van der Waals surface area contributed by atoms with Crippen LogP contribution in [0.1, 0.15) is 19.4 Å². The van der Waals surface area contributed by atoms with Crippen molar-refractivity contribution in [3.8, 4) is 0 Å². The molecular formula is C16H23N3O3. The summed E-state index contributed by atoms with van der Waals surface area (Å²) in [5.41, 5.74) is 7.06. The highest BCUT2D eigenvalue weighted by molar-refractivity contribution is 5.99. The second kappa shape index (κ2) is 8.31. The standard InChI is InChI=1S/C16H23N3O3/c1-4-13(19-16(22)14(17)10(2)3)15(21)18-12-7-5-11(9-20)6-8-12/h4-8,10,13-14,20H,1,9,17H2,2-3H3,(H,18,21)(H,19,22)/t13-,14-/m0/s1. The largest absolute Gasteiger partial charge is 0.392 e. The highest BCUT2D eigenvalue weighted by Crippen LogP contribution is 2.10. The molecule has 22 heavy (non-hydrogen) atoms. The topological polar surface area (TPSA) is 104 Å². The zero-order valence-corrected chi connectivity index (χ0v) is 12.9. The molecule has 0 aliphatic rings. The van der Waals surface area contributed by atoms with Gasteiger partial charge in [0, 0.05) is 5.69 Å². The number of carbonyl (C=O) groups is 2. The molecule has 5 N–H and O–H groups in total. The molecule has 0 aliphatic heterocycles. The maximum Gasteiger partial charge on any atom is 0.250 e.